The number of ether oxygens (including phenoxy) is 1. The topological polar surface area (TPSA) is 43.4 Å². The lowest BCUT2D eigenvalue weighted by Crippen LogP contribution is -2.52. The second-order valence-corrected chi connectivity index (χ2v) is 9.68. The summed E-state index contributed by atoms with van der Waals surface area (Å²) in [6, 6.07) is 0. The van der Waals surface area contributed by atoms with Crippen LogP contribution in [0.3, 0.4) is 0 Å². The number of ketones is 1. The van der Waals surface area contributed by atoms with E-state index in [1.165, 1.54) is 38.2 Å². The number of carbonyl (C=O) groups is 2. The summed E-state index contributed by atoms with van der Waals surface area (Å²) in [7, 11) is 0. The fraction of sp³-hybridized carbons (Fsp3) is 0.739. The lowest BCUT2D eigenvalue weighted by Gasteiger charge is -2.56. The number of esters is 1. The Bertz CT molecular complexity index is 677. The molecule has 0 N–H and O–H groups in total. The van der Waals surface area contributed by atoms with E-state index in [-0.39, 0.29) is 34.6 Å². The third kappa shape index (κ3) is 2.46. The Morgan fingerprint density at radius 1 is 1.12 bits per heavy atom. The maximum atomic E-state index is 13.1. The predicted octanol–water partition coefficient (Wildman–Crippen LogP) is 4.86. The van der Waals surface area contributed by atoms with Crippen LogP contribution in [0.15, 0.2) is 24.3 Å². The zero-order valence-electron chi connectivity index (χ0n) is 16.4. The van der Waals surface area contributed by atoms with Crippen molar-refractivity contribution >= 4 is 11.8 Å². The summed E-state index contributed by atoms with van der Waals surface area (Å²) in [5.41, 5.74) is 1.76. The van der Waals surface area contributed by atoms with E-state index >= 15 is 0 Å². The normalized spacial score (nSPS) is 47.3. The van der Waals surface area contributed by atoms with Crippen molar-refractivity contribution in [1.29, 1.82) is 0 Å². The first-order valence-electron chi connectivity index (χ1n) is 10.3. The van der Waals surface area contributed by atoms with Crippen molar-refractivity contribution in [3.05, 3.63) is 24.3 Å². The van der Waals surface area contributed by atoms with Crippen LogP contribution in [0.1, 0.15) is 65.7 Å². The van der Waals surface area contributed by atoms with E-state index < -0.39 is 0 Å². The van der Waals surface area contributed by atoms with E-state index in [0.29, 0.717) is 24.2 Å². The molecule has 0 bridgehead atoms. The molecule has 0 spiro atoms. The number of allylic oxidation sites excluding steroid dienone is 3. The smallest absolute Gasteiger partial charge is 0.302 e. The Morgan fingerprint density at radius 3 is 2.50 bits per heavy atom. The first-order valence-corrected chi connectivity index (χ1v) is 10.3. The van der Waals surface area contributed by atoms with Gasteiger partial charge in [0.2, 0.25) is 0 Å². The Morgan fingerprint density at radius 2 is 1.81 bits per heavy atom. The van der Waals surface area contributed by atoms with Gasteiger partial charge in [0, 0.05) is 12.8 Å². The molecule has 4 aliphatic rings. The summed E-state index contributed by atoms with van der Waals surface area (Å²) < 4.78 is 5.46. The van der Waals surface area contributed by atoms with E-state index in [1.54, 1.807) is 0 Å². The van der Waals surface area contributed by atoms with Crippen LogP contribution in [0.25, 0.3) is 0 Å². The third-order valence-corrected chi connectivity index (χ3v) is 8.55. The van der Waals surface area contributed by atoms with Crippen LogP contribution >= 0.6 is 0 Å². The van der Waals surface area contributed by atoms with Gasteiger partial charge in [-0.05, 0) is 79.6 Å². The van der Waals surface area contributed by atoms with Gasteiger partial charge in [0.15, 0.2) is 5.78 Å². The molecular formula is C23H32O3. The minimum atomic E-state index is -0.229. The van der Waals surface area contributed by atoms with Gasteiger partial charge < -0.3 is 4.74 Å². The second-order valence-electron chi connectivity index (χ2n) is 9.68. The van der Waals surface area contributed by atoms with Gasteiger partial charge in [0.05, 0.1) is 0 Å². The van der Waals surface area contributed by atoms with Gasteiger partial charge in [0.25, 0.3) is 0 Å². The van der Waals surface area contributed by atoms with Crippen molar-refractivity contribution in [1.82, 2.24) is 0 Å². The molecule has 0 amide bonds. The molecule has 0 unspecified atom stereocenters. The molecule has 7 atom stereocenters. The molecule has 0 aliphatic heterocycles. The number of hydrogen-bond donors (Lipinski definition) is 0. The predicted molar refractivity (Wildman–Crippen MR) is 101 cm³/mol. The lowest BCUT2D eigenvalue weighted by atomic mass is 9.48. The molecule has 0 saturated heterocycles. The van der Waals surface area contributed by atoms with Crippen LogP contribution in [0.4, 0.5) is 0 Å². The summed E-state index contributed by atoms with van der Waals surface area (Å²) in [4.78, 5) is 24.5. The fourth-order valence-electron chi connectivity index (χ4n) is 7.10. The highest BCUT2D eigenvalue weighted by molar-refractivity contribution is 5.94. The lowest BCUT2D eigenvalue weighted by molar-refractivity contribution is -0.155. The summed E-state index contributed by atoms with van der Waals surface area (Å²) in [6.45, 7) is 10.3. The molecule has 0 radical (unpaired) electrons. The van der Waals surface area contributed by atoms with Gasteiger partial charge in [-0.3, -0.25) is 9.59 Å². The highest BCUT2D eigenvalue weighted by Crippen LogP contribution is 2.65. The van der Waals surface area contributed by atoms with Crippen LogP contribution in [-0.2, 0) is 14.3 Å². The average molecular weight is 357 g/mol. The summed E-state index contributed by atoms with van der Waals surface area (Å²) in [6.07, 6.45) is 11.5. The Labute approximate surface area is 157 Å². The van der Waals surface area contributed by atoms with Crippen molar-refractivity contribution in [3.8, 4) is 0 Å². The van der Waals surface area contributed by atoms with Gasteiger partial charge in [0.1, 0.15) is 6.10 Å². The van der Waals surface area contributed by atoms with Crippen molar-refractivity contribution < 1.29 is 14.3 Å². The molecule has 0 aromatic rings. The molecule has 0 aromatic heterocycles. The highest BCUT2D eigenvalue weighted by atomic mass is 16.5. The number of carbonyl (C=O) groups excluding carboxylic acids is 2. The largest absolute Gasteiger partial charge is 0.463 e. The van der Waals surface area contributed by atoms with Crippen LogP contribution < -0.4 is 0 Å². The van der Waals surface area contributed by atoms with Crippen LogP contribution in [0.5, 0.6) is 0 Å². The average Bonchev–Trinajstić information content (AvgIpc) is 2.92. The third-order valence-electron chi connectivity index (χ3n) is 8.55. The summed E-state index contributed by atoms with van der Waals surface area (Å²) in [5.74, 6) is 1.70. The van der Waals surface area contributed by atoms with E-state index in [1.807, 2.05) is 6.08 Å². The van der Waals surface area contributed by atoms with Crippen molar-refractivity contribution in [2.24, 2.45) is 34.5 Å². The Balaban J connectivity index is 1.65. The van der Waals surface area contributed by atoms with E-state index in [9.17, 15) is 9.59 Å². The molecule has 26 heavy (non-hydrogen) atoms. The molecule has 142 valence electrons. The molecule has 3 heteroatoms. The van der Waals surface area contributed by atoms with Gasteiger partial charge in [-0.25, -0.2) is 0 Å². The van der Waals surface area contributed by atoms with E-state index in [4.69, 9.17) is 4.74 Å². The summed E-state index contributed by atoms with van der Waals surface area (Å²) >= 11 is 0. The zero-order valence-corrected chi connectivity index (χ0v) is 16.4. The van der Waals surface area contributed by atoms with E-state index in [2.05, 4.69) is 26.5 Å². The van der Waals surface area contributed by atoms with Crippen LogP contribution in [-0.4, -0.2) is 17.9 Å². The minimum Gasteiger partial charge on any atom is -0.463 e. The van der Waals surface area contributed by atoms with Gasteiger partial charge >= 0.3 is 5.97 Å². The molecule has 4 rings (SSSR count). The number of fused-ring (bicyclic) bond motifs is 5. The quantitative estimate of drug-likeness (QED) is 0.524. The molecule has 3 fully saturated rings. The Kier molecular flexibility index (Phi) is 4.20. The van der Waals surface area contributed by atoms with Gasteiger partial charge in [-0.1, -0.05) is 25.5 Å². The van der Waals surface area contributed by atoms with Crippen molar-refractivity contribution in [2.45, 2.75) is 71.8 Å². The first kappa shape index (κ1) is 18.0. The Hall–Kier alpha value is -1.38. The zero-order chi connectivity index (χ0) is 18.7. The minimum absolute atomic E-state index is 0.00955. The molecule has 3 nitrogen and oxygen atoms in total. The molecule has 4 aliphatic carbocycles. The number of rotatable bonds is 2. The van der Waals surface area contributed by atoms with Crippen LogP contribution in [0.2, 0.25) is 0 Å². The SMILES string of the molecule is C=C[C@H]1CC[C@H]2C3=CC(=O)[C@H]4C[C@@H](OC(C)=O)CC[C@]4(C)[C@H]3CC[C@]12C. The fourth-order valence-corrected chi connectivity index (χ4v) is 7.10. The van der Waals surface area contributed by atoms with Gasteiger partial charge in [-0.15, -0.1) is 6.58 Å². The number of hydrogen-bond acceptors (Lipinski definition) is 3. The van der Waals surface area contributed by atoms with Gasteiger partial charge in [-0.2, -0.15) is 0 Å². The van der Waals surface area contributed by atoms with Crippen molar-refractivity contribution in [2.75, 3.05) is 0 Å². The molecule has 3 saturated carbocycles. The molecular weight excluding hydrogens is 324 g/mol. The van der Waals surface area contributed by atoms with E-state index in [0.717, 1.165) is 12.8 Å². The van der Waals surface area contributed by atoms with Crippen LogP contribution in [0, 0.1) is 34.5 Å². The standard InChI is InChI=1S/C23H32O3/c1-5-15-6-7-18-17-13-21(25)20-12-16(26-14(2)24)8-10-23(20,4)19(17)9-11-22(15,18)3/h5,13,15-16,18-20H,1,6-12H2,2-4H3/t15-,16-,18-,19-,20+,22+,23+/m0/s1. The maximum Gasteiger partial charge on any atom is 0.302 e. The second kappa shape index (κ2) is 6.07. The maximum absolute atomic E-state index is 13.1. The summed E-state index contributed by atoms with van der Waals surface area (Å²) in [5, 5.41) is 0. The molecule has 0 aromatic carbocycles. The van der Waals surface area contributed by atoms with Crippen molar-refractivity contribution in [3.63, 3.8) is 0 Å². The molecule has 0 heterocycles. The monoisotopic (exact) mass is 356 g/mol. The highest BCUT2D eigenvalue weighted by Gasteiger charge is 2.59. The first-order chi connectivity index (χ1) is 12.3.